The molecule has 1 aromatic rings. The van der Waals surface area contributed by atoms with Crippen molar-refractivity contribution in [3.8, 4) is 0 Å². The summed E-state index contributed by atoms with van der Waals surface area (Å²) in [7, 11) is 2.00. The zero-order chi connectivity index (χ0) is 15.7. The van der Waals surface area contributed by atoms with Gasteiger partial charge in [0.15, 0.2) is 0 Å². The van der Waals surface area contributed by atoms with Gasteiger partial charge in [0.05, 0.1) is 11.7 Å². The van der Waals surface area contributed by atoms with Crippen molar-refractivity contribution in [3.63, 3.8) is 0 Å². The lowest BCUT2D eigenvalue weighted by Gasteiger charge is -2.35. The Bertz CT molecular complexity index is 544. The fourth-order valence-corrected chi connectivity index (χ4v) is 4.10. The lowest BCUT2D eigenvalue weighted by molar-refractivity contribution is -0.134. The van der Waals surface area contributed by atoms with Crippen molar-refractivity contribution in [3.05, 3.63) is 17.0 Å². The van der Waals surface area contributed by atoms with Crippen molar-refractivity contribution in [1.29, 1.82) is 0 Å². The summed E-state index contributed by atoms with van der Waals surface area (Å²) in [5.41, 5.74) is 3.69. The zero-order valence-corrected chi connectivity index (χ0v) is 14.4. The Labute approximate surface area is 136 Å². The number of aryl methyl sites for hydroxylation is 2. The van der Waals surface area contributed by atoms with Crippen LogP contribution in [0.2, 0.25) is 0 Å². The normalized spacial score (nSPS) is 23.2. The molecule has 1 unspecified atom stereocenters. The number of piperazine rings is 1. The molecule has 2 saturated heterocycles. The number of carbonyl (C=O) groups excluding carboxylic acids is 1. The van der Waals surface area contributed by atoms with Crippen molar-refractivity contribution in [2.24, 2.45) is 7.05 Å². The topological polar surface area (TPSA) is 53.4 Å². The minimum Gasteiger partial charge on any atom is -0.339 e. The minimum absolute atomic E-state index is 0.0272. The first kappa shape index (κ1) is 15.8. The highest BCUT2D eigenvalue weighted by Crippen LogP contribution is 2.17. The average Bonchev–Trinajstić information content (AvgIpc) is 3.12. The van der Waals surface area contributed by atoms with E-state index in [1.807, 2.05) is 16.6 Å². The van der Waals surface area contributed by atoms with E-state index in [0.717, 1.165) is 50.0 Å². The second-order valence-corrected chi connectivity index (χ2v) is 7.18. The van der Waals surface area contributed by atoms with Crippen molar-refractivity contribution in [2.75, 3.05) is 37.8 Å². The van der Waals surface area contributed by atoms with Gasteiger partial charge in [0, 0.05) is 62.7 Å². The van der Waals surface area contributed by atoms with E-state index in [9.17, 15) is 4.79 Å². The summed E-state index contributed by atoms with van der Waals surface area (Å²) in [6, 6.07) is 0.0272. The fraction of sp³-hybridized carbons (Fsp3) is 0.733. The van der Waals surface area contributed by atoms with Crippen molar-refractivity contribution in [2.45, 2.75) is 26.4 Å². The van der Waals surface area contributed by atoms with Crippen molar-refractivity contribution >= 4 is 17.7 Å². The molecule has 2 aliphatic heterocycles. The van der Waals surface area contributed by atoms with E-state index >= 15 is 0 Å². The number of nitrogens with zero attached hydrogens (tertiary/aromatic N) is 4. The van der Waals surface area contributed by atoms with Gasteiger partial charge in [-0.3, -0.25) is 19.7 Å². The molecule has 3 rings (SSSR count). The molecule has 22 heavy (non-hydrogen) atoms. The second-order valence-electron chi connectivity index (χ2n) is 6.15. The van der Waals surface area contributed by atoms with Gasteiger partial charge >= 0.3 is 0 Å². The number of thioether (sulfide) groups is 1. The second kappa shape index (κ2) is 6.60. The predicted octanol–water partition coefficient (Wildman–Crippen LogP) is 0.344. The summed E-state index contributed by atoms with van der Waals surface area (Å²) in [5.74, 6) is 2.08. The van der Waals surface area contributed by atoms with E-state index in [1.165, 1.54) is 11.3 Å². The monoisotopic (exact) mass is 323 g/mol. The maximum Gasteiger partial charge on any atom is 0.240 e. The molecule has 1 N–H and O–H groups in total. The van der Waals surface area contributed by atoms with Gasteiger partial charge in [-0.1, -0.05) is 0 Å². The molecule has 2 aliphatic rings. The molecule has 1 amide bonds. The van der Waals surface area contributed by atoms with Crippen LogP contribution in [0.4, 0.5) is 0 Å². The highest BCUT2D eigenvalue weighted by molar-refractivity contribution is 7.99. The molecule has 7 heteroatoms. The lowest BCUT2D eigenvalue weighted by Crippen LogP contribution is -2.53. The largest absolute Gasteiger partial charge is 0.339 e. The minimum atomic E-state index is 0.0272. The SMILES string of the molecule is Cc1nn(C)c(C)c1CN1CCN(C(=O)C2CSCN2)CC1. The molecule has 1 atom stereocenters. The summed E-state index contributed by atoms with van der Waals surface area (Å²) >= 11 is 1.80. The molecule has 0 spiro atoms. The average molecular weight is 323 g/mol. The summed E-state index contributed by atoms with van der Waals surface area (Å²) in [5, 5.41) is 7.76. The lowest BCUT2D eigenvalue weighted by atomic mass is 10.1. The van der Waals surface area contributed by atoms with Crippen LogP contribution in [0.25, 0.3) is 0 Å². The number of carbonyl (C=O) groups is 1. The van der Waals surface area contributed by atoms with Crippen LogP contribution >= 0.6 is 11.8 Å². The number of hydrogen-bond acceptors (Lipinski definition) is 5. The Balaban J connectivity index is 1.54. The Morgan fingerprint density at radius 2 is 2.05 bits per heavy atom. The zero-order valence-electron chi connectivity index (χ0n) is 13.6. The van der Waals surface area contributed by atoms with Crippen LogP contribution in [-0.4, -0.2) is 69.3 Å². The summed E-state index contributed by atoms with van der Waals surface area (Å²) in [6.07, 6.45) is 0. The van der Waals surface area contributed by atoms with Crippen LogP contribution < -0.4 is 5.32 Å². The van der Waals surface area contributed by atoms with E-state index < -0.39 is 0 Å². The third kappa shape index (κ3) is 3.16. The molecule has 2 fully saturated rings. The van der Waals surface area contributed by atoms with Crippen LogP contribution in [0.5, 0.6) is 0 Å². The first-order chi connectivity index (χ1) is 10.6. The van der Waals surface area contributed by atoms with Gasteiger partial charge in [0.2, 0.25) is 5.91 Å². The maximum atomic E-state index is 12.4. The van der Waals surface area contributed by atoms with E-state index in [-0.39, 0.29) is 11.9 Å². The van der Waals surface area contributed by atoms with E-state index in [2.05, 4.69) is 29.2 Å². The molecule has 0 saturated carbocycles. The van der Waals surface area contributed by atoms with Crippen molar-refractivity contribution in [1.82, 2.24) is 24.9 Å². The molecular weight excluding hydrogens is 298 g/mol. The van der Waals surface area contributed by atoms with Gasteiger partial charge in [-0.25, -0.2) is 0 Å². The molecule has 3 heterocycles. The van der Waals surface area contributed by atoms with E-state index in [0.29, 0.717) is 0 Å². The quantitative estimate of drug-likeness (QED) is 0.870. The third-order valence-electron chi connectivity index (χ3n) is 4.74. The van der Waals surface area contributed by atoms with E-state index in [4.69, 9.17) is 0 Å². The van der Waals surface area contributed by atoms with Crippen LogP contribution in [0.15, 0.2) is 0 Å². The number of nitrogens with one attached hydrogen (secondary N) is 1. The fourth-order valence-electron chi connectivity index (χ4n) is 3.17. The Morgan fingerprint density at radius 3 is 2.59 bits per heavy atom. The van der Waals surface area contributed by atoms with E-state index in [1.54, 1.807) is 11.8 Å². The molecule has 6 nitrogen and oxygen atoms in total. The standard InChI is InChI=1S/C15H25N5OS/c1-11-13(12(2)18(3)17-11)8-19-4-6-20(7-5-19)15(21)14-9-22-10-16-14/h14,16H,4-10H2,1-3H3. The van der Waals surface area contributed by atoms with Gasteiger partial charge in [0.25, 0.3) is 0 Å². The van der Waals surface area contributed by atoms with Gasteiger partial charge in [0.1, 0.15) is 0 Å². The Hall–Kier alpha value is -1.05. The third-order valence-corrected chi connectivity index (χ3v) is 5.68. The molecule has 0 radical (unpaired) electrons. The molecule has 122 valence electrons. The molecule has 1 aromatic heterocycles. The van der Waals surface area contributed by atoms with Gasteiger partial charge < -0.3 is 4.90 Å². The van der Waals surface area contributed by atoms with Crippen LogP contribution in [0, 0.1) is 13.8 Å². The molecular formula is C15H25N5OS. The number of aromatic nitrogens is 2. The first-order valence-electron chi connectivity index (χ1n) is 7.87. The van der Waals surface area contributed by atoms with Gasteiger partial charge in [-0.15, -0.1) is 11.8 Å². The predicted molar refractivity (Wildman–Crippen MR) is 88.8 cm³/mol. The molecule has 0 aliphatic carbocycles. The Morgan fingerprint density at radius 1 is 1.32 bits per heavy atom. The summed E-state index contributed by atoms with van der Waals surface area (Å²) < 4.78 is 1.95. The highest BCUT2D eigenvalue weighted by Gasteiger charge is 2.29. The Kier molecular flexibility index (Phi) is 4.75. The van der Waals surface area contributed by atoms with Crippen LogP contribution in [0.3, 0.4) is 0 Å². The summed E-state index contributed by atoms with van der Waals surface area (Å²) in [4.78, 5) is 16.8. The summed E-state index contributed by atoms with van der Waals surface area (Å²) in [6.45, 7) is 8.69. The number of amides is 1. The van der Waals surface area contributed by atoms with Crippen LogP contribution in [0.1, 0.15) is 17.0 Å². The highest BCUT2D eigenvalue weighted by atomic mass is 32.2. The molecule has 0 bridgehead atoms. The van der Waals surface area contributed by atoms with Crippen molar-refractivity contribution < 1.29 is 4.79 Å². The molecule has 0 aromatic carbocycles. The van der Waals surface area contributed by atoms with Crippen LogP contribution in [-0.2, 0) is 18.4 Å². The number of hydrogen-bond donors (Lipinski definition) is 1. The first-order valence-corrected chi connectivity index (χ1v) is 9.03. The number of rotatable bonds is 3. The van der Waals surface area contributed by atoms with Gasteiger partial charge in [-0.2, -0.15) is 5.10 Å². The maximum absolute atomic E-state index is 12.4. The smallest absolute Gasteiger partial charge is 0.240 e. The van der Waals surface area contributed by atoms with Gasteiger partial charge in [-0.05, 0) is 13.8 Å².